The van der Waals surface area contributed by atoms with Gasteiger partial charge in [-0.25, -0.2) is 0 Å². The Balaban J connectivity index is 2.88. The molecule has 2 N–H and O–H groups in total. The lowest BCUT2D eigenvalue weighted by Crippen LogP contribution is -2.26. The molecule has 6 heteroatoms. The van der Waals surface area contributed by atoms with Crippen molar-refractivity contribution >= 4 is 5.97 Å². The highest BCUT2D eigenvalue weighted by Crippen LogP contribution is 2.31. The van der Waals surface area contributed by atoms with E-state index in [1.54, 1.807) is 20.8 Å². The molecular weight excluding hydrogens is 283 g/mol. The van der Waals surface area contributed by atoms with E-state index in [1.807, 2.05) is 0 Å². The molecule has 1 aromatic carbocycles. The van der Waals surface area contributed by atoms with Gasteiger partial charge in [0.25, 0.3) is 0 Å². The maximum absolute atomic E-state index is 12.7. The zero-order valence-corrected chi connectivity index (χ0v) is 12.3. The van der Waals surface area contributed by atoms with E-state index in [0.29, 0.717) is 5.56 Å². The summed E-state index contributed by atoms with van der Waals surface area (Å²) in [5.41, 5.74) is 4.59. The number of alkyl halides is 3. The van der Waals surface area contributed by atoms with E-state index in [0.717, 1.165) is 12.1 Å². The van der Waals surface area contributed by atoms with Crippen LogP contribution < -0.4 is 5.73 Å². The van der Waals surface area contributed by atoms with Crippen LogP contribution in [0.5, 0.6) is 0 Å². The number of halogens is 3. The maximum atomic E-state index is 12.7. The van der Waals surface area contributed by atoms with Gasteiger partial charge in [0.1, 0.15) is 5.60 Å². The summed E-state index contributed by atoms with van der Waals surface area (Å²) in [7, 11) is 0. The first kappa shape index (κ1) is 17.5. The monoisotopic (exact) mass is 303 g/mol. The summed E-state index contributed by atoms with van der Waals surface area (Å²) in [6, 6.07) is 4.87. The third-order valence-electron chi connectivity index (χ3n) is 2.80. The summed E-state index contributed by atoms with van der Waals surface area (Å²) >= 11 is 0. The molecule has 0 bridgehead atoms. The number of hydrogen-bond donors (Lipinski definition) is 1. The van der Waals surface area contributed by atoms with Gasteiger partial charge in [-0.05, 0) is 38.9 Å². The molecule has 0 saturated carbocycles. The molecule has 118 valence electrons. The first-order valence-corrected chi connectivity index (χ1v) is 6.62. The minimum atomic E-state index is -4.42. The summed E-state index contributed by atoms with van der Waals surface area (Å²) in [5, 5.41) is 0. The molecule has 0 radical (unpaired) electrons. The van der Waals surface area contributed by atoms with Crippen molar-refractivity contribution < 1.29 is 22.7 Å². The van der Waals surface area contributed by atoms with Crippen LogP contribution in [0, 0.1) is 0 Å². The molecule has 3 nitrogen and oxygen atoms in total. The smallest absolute Gasteiger partial charge is 0.416 e. The van der Waals surface area contributed by atoms with Gasteiger partial charge in [0.05, 0.1) is 12.0 Å². The quantitative estimate of drug-likeness (QED) is 0.866. The molecule has 0 aliphatic carbocycles. The Morgan fingerprint density at radius 2 is 1.90 bits per heavy atom. The van der Waals surface area contributed by atoms with Gasteiger partial charge in [-0.2, -0.15) is 13.2 Å². The summed E-state index contributed by atoms with van der Waals surface area (Å²) in [5.74, 6) is -0.975. The van der Waals surface area contributed by atoms with E-state index in [4.69, 9.17) is 10.5 Å². The average Bonchev–Trinajstić information content (AvgIpc) is 2.33. The van der Waals surface area contributed by atoms with E-state index in [9.17, 15) is 18.0 Å². The number of rotatable bonds is 4. The SMILES string of the molecule is CC(C)(C)OC(=O)CC(CN)c1cccc(C(F)(F)F)c1. The molecule has 0 heterocycles. The molecule has 1 rings (SSSR count). The number of carbonyl (C=O) groups is 1. The summed E-state index contributed by atoms with van der Waals surface area (Å²) < 4.78 is 43.3. The van der Waals surface area contributed by atoms with Crippen LogP contribution in [0.3, 0.4) is 0 Å². The van der Waals surface area contributed by atoms with Crippen molar-refractivity contribution in [1.29, 1.82) is 0 Å². The van der Waals surface area contributed by atoms with Crippen molar-refractivity contribution in [1.82, 2.24) is 0 Å². The molecule has 21 heavy (non-hydrogen) atoms. The molecule has 0 aromatic heterocycles. The number of esters is 1. The number of carbonyl (C=O) groups excluding carboxylic acids is 1. The minimum absolute atomic E-state index is 0.0465. The number of ether oxygens (including phenoxy) is 1. The summed E-state index contributed by atoms with van der Waals surface area (Å²) in [4.78, 5) is 11.8. The van der Waals surface area contributed by atoms with E-state index in [2.05, 4.69) is 0 Å². The van der Waals surface area contributed by atoms with Crippen LogP contribution in [0.4, 0.5) is 13.2 Å². The highest BCUT2D eigenvalue weighted by Gasteiger charge is 2.31. The Kier molecular flexibility index (Phi) is 5.39. The fraction of sp³-hybridized carbons (Fsp3) is 0.533. The molecule has 1 unspecified atom stereocenters. The Morgan fingerprint density at radius 1 is 1.29 bits per heavy atom. The molecule has 1 aromatic rings. The Bertz CT molecular complexity index is 492. The normalized spacial score (nSPS) is 13.9. The van der Waals surface area contributed by atoms with Gasteiger partial charge in [-0.1, -0.05) is 18.2 Å². The second kappa shape index (κ2) is 6.47. The number of benzene rings is 1. The Hall–Kier alpha value is -1.56. The van der Waals surface area contributed by atoms with Crippen LogP contribution in [0.25, 0.3) is 0 Å². The summed E-state index contributed by atoms with van der Waals surface area (Å²) in [6.07, 6.45) is -4.46. The van der Waals surface area contributed by atoms with Crippen LogP contribution in [-0.2, 0) is 15.7 Å². The topological polar surface area (TPSA) is 52.3 Å². The molecular formula is C15H20F3NO2. The molecule has 0 saturated heterocycles. The van der Waals surface area contributed by atoms with Gasteiger partial charge in [-0.15, -0.1) is 0 Å². The highest BCUT2D eigenvalue weighted by molar-refractivity contribution is 5.71. The second-order valence-corrected chi connectivity index (χ2v) is 5.85. The molecule has 1 atom stereocenters. The van der Waals surface area contributed by atoms with Gasteiger partial charge in [0.15, 0.2) is 0 Å². The second-order valence-electron chi connectivity index (χ2n) is 5.85. The molecule has 0 spiro atoms. The zero-order valence-electron chi connectivity index (χ0n) is 12.3. The molecule has 0 amide bonds. The lowest BCUT2D eigenvalue weighted by atomic mass is 9.94. The van der Waals surface area contributed by atoms with Gasteiger partial charge in [-0.3, -0.25) is 4.79 Å². The highest BCUT2D eigenvalue weighted by atomic mass is 19.4. The van der Waals surface area contributed by atoms with E-state index in [-0.39, 0.29) is 13.0 Å². The molecule has 0 aliphatic heterocycles. The van der Waals surface area contributed by atoms with Crippen molar-refractivity contribution in [2.75, 3.05) is 6.54 Å². The number of nitrogens with two attached hydrogens (primary N) is 1. The van der Waals surface area contributed by atoms with Gasteiger partial charge < -0.3 is 10.5 Å². The zero-order chi connectivity index (χ0) is 16.3. The van der Waals surface area contributed by atoms with Crippen LogP contribution in [0.2, 0.25) is 0 Å². The maximum Gasteiger partial charge on any atom is 0.416 e. The molecule has 0 fully saturated rings. The van der Waals surface area contributed by atoms with E-state index in [1.165, 1.54) is 12.1 Å². The minimum Gasteiger partial charge on any atom is -0.460 e. The predicted octanol–water partition coefficient (Wildman–Crippen LogP) is 3.48. The van der Waals surface area contributed by atoms with Gasteiger partial charge in [0.2, 0.25) is 0 Å². The summed E-state index contributed by atoms with van der Waals surface area (Å²) in [6.45, 7) is 5.26. The van der Waals surface area contributed by atoms with Crippen LogP contribution in [0.1, 0.15) is 44.2 Å². The van der Waals surface area contributed by atoms with Crippen molar-refractivity contribution in [3.05, 3.63) is 35.4 Å². The fourth-order valence-electron chi connectivity index (χ4n) is 1.89. The number of hydrogen-bond acceptors (Lipinski definition) is 3. The fourth-order valence-corrected chi connectivity index (χ4v) is 1.89. The van der Waals surface area contributed by atoms with Crippen LogP contribution in [0.15, 0.2) is 24.3 Å². The van der Waals surface area contributed by atoms with Crippen molar-refractivity contribution in [3.8, 4) is 0 Å². The van der Waals surface area contributed by atoms with Crippen molar-refractivity contribution in [2.45, 2.75) is 44.9 Å². The van der Waals surface area contributed by atoms with Crippen LogP contribution >= 0.6 is 0 Å². The third-order valence-corrected chi connectivity index (χ3v) is 2.80. The lowest BCUT2D eigenvalue weighted by molar-refractivity contribution is -0.155. The Morgan fingerprint density at radius 3 is 2.38 bits per heavy atom. The van der Waals surface area contributed by atoms with Gasteiger partial charge >= 0.3 is 12.1 Å². The average molecular weight is 303 g/mol. The molecule has 0 aliphatic rings. The standard InChI is InChI=1S/C15H20F3NO2/c1-14(2,3)21-13(20)8-11(9-19)10-5-4-6-12(7-10)15(16,17)18/h4-7,11H,8-9,19H2,1-3H3. The van der Waals surface area contributed by atoms with Crippen molar-refractivity contribution in [3.63, 3.8) is 0 Å². The largest absolute Gasteiger partial charge is 0.460 e. The lowest BCUT2D eigenvalue weighted by Gasteiger charge is -2.22. The first-order chi connectivity index (χ1) is 9.53. The van der Waals surface area contributed by atoms with E-state index >= 15 is 0 Å². The van der Waals surface area contributed by atoms with Gasteiger partial charge in [0, 0.05) is 5.92 Å². The van der Waals surface area contributed by atoms with E-state index < -0.39 is 29.2 Å². The third kappa shape index (κ3) is 5.75. The van der Waals surface area contributed by atoms with Crippen molar-refractivity contribution in [2.24, 2.45) is 5.73 Å². The van der Waals surface area contributed by atoms with Crippen LogP contribution in [-0.4, -0.2) is 18.1 Å². The Labute approximate surface area is 122 Å². The predicted molar refractivity (Wildman–Crippen MR) is 73.7 cm³/mol. The first-order valence-electron chi connectivity index (χ1n) is 6.62.